The Balaban J connectivity index is 1.76. The molecule has 0 spiro atoms. The van der Waals surface area contributed by atoms with Gasteiger partial charge in [0.2, 0.25) is 10.0 Å². The van der Waals surface area contributed by atoms with Crippen molar-refractivity contribution in [3.8, 4) is 5.69 Å². The molecule has 0 bridgehead atoms. The van der Waals surface area contributed by atoms with Gasteiger partial charge in [-0.3, -0.25) is 9.10 Å². The number of hydrazone groups is 1. The molecule has 11 heteroatoms. The second-order valence-corrected chi connectivity index (χ2v) is 10.0. The third-order valence-electron chi connectivity index (χ3n) is 4.81. The molecule has 3 rings (SSSR count). The number of sulfonamides is 1. The van der Waals surface area contributed by atoms with Crippen LogP contribution in [0.5, 0.6) is 0 Å². The molecule has 0 aliphatic heterocycles. The van der Waals surface area contributed by atoms with E-state index in [1.54, 1.807) is 18.2 Å². The Labute approximate surface area is 201 Å². The Morgan fingerprint density at radius 2 is 1.82 bits per heavy atom. The number of amides is 1. The maximum atomic E-state index is 13.2. The predicted molar refractivity (Wildman–Crippen MR) is 130 cm³/mol. The Kier molecular flexibility index (Phi) is 7.46. The minimum atomic E-state index is -3.78. The van der Waals surface area contributed by atoms with Gasteiger partial charge < -0.3 is 4.57 Å². The SMILES string of the molecule is Cc1cc(/C=N\NC(=O)CN(c2ccc(F)cc2)S(C)(=O)=O)c(C)n1-c1cc(Cl)ccc1Cl. The number of aryl methyl sites for hydroxylation is 1. The number of nitrogens with one attached hydrogen (secondary N) is 1. The second-order valence-electron chi connectivity index (χ2n) is 7.30. The number of hydrogen-bond acceptors (Lipinski definition) is 4. The van der Waals surface area contributed by atoms with Crippen LogP contribution in [0.3, 0.4) is 0 Å². The Morgan fingerprint density at radius 1 is 1.15 bits per heavy atom. The monoisotopic (exact) mass is 510 g/mol. The summed E-state index contributed by atoms with van der Waals surface area (Å²) in [4.78, 5) is 12.3. The average molecular weight is 511 g/mol. The molecule has 0 saturated heterocycles. The maximum Gasteiger partial charge on any atom is 0.260 e. The molecule has 0 saturated carbocycles. The quantitative estimate of drug-likeness (QED) is 0.376. The van der Waals surface area contributed by atoms with Gasteiger partial charge in [-0.2, -0.15) is 5.10 Å². The van der Waals surface area contributed by atoms with E-state index in [1.165, 1.54) is 18.3 Å². The lowest BCUT2D eigenvalue weighted by molar-refractivity contribution is -0.119. The van der Waals surface area contributed by atoms with Crippen molar-refractivity contribution in [1.82, 2.24) is 9.99 Å². The molecule has 174 valence electrons. The van der Waals surface area contributed by atoms with Crippen molar-refractivity contribution >= 4 is 51.0 Å². The van der Waals surface area contributed by atoms with E-state index < -0.39 is 28.3 Å². The number of anilines is 1. The molecule has 7 nitrogen and oxygen atoms in total. The number of halogens is 3. The van der Waals surface area contributed by atoms with E-state index in [1.807, 2.05) is 24.5 Å². The van der Waals surface area contributed by atoms with E-state index in [0.29, 0.717) is 15.7 Å². The number of nitrogens with zero attached hydrogens (tertiary/aromatic N) is 3. The highest BCUT2D eigenvalue weighted by atomic mass is 35.5. The van der Waals surface area contributed by atoms with E-state index in [0.717, 1.165) is 39.6 Å². The highest BCUT2D eigenvalue weighted by molar-refractivity contribution is 7.92. The maximum absolute atomic E-state index is 13.2. The Morgan fingerprint density at radius 3 is 2.45 bits per heavy atom. The van der Waals surface area contributed by atoms with Crippen LogP contribution in [0.1, 0.15) is 17.0 Å². The molecule has 1 N–H and O–H groups in total. The summed E-state index contributed by atoms with van der Waals surface area (Å²) < 4.78 is 40.2. The third kappa shape index (κ3) is 5.93. The van der Waals surface area contributed by atoms with Gasteiger partial charge in [-0.1, -0.05) is 23.2 Å². The van der Waals surface area contributed by atoms with Gasteiger partial charge in [0, 0.05) is 22.0 Å². The molecule has 0 fully saturated rings. The Bertz CT molecular complexity index is 1320. The highest BCUT2D eigenvalue weighted by Gasteiger charge is 2.21. The van der Waals surface area contributed by atoms with Gasteiger partial charge in [0.1, 0.15) is 12.4 Å². The lowest BCUT2D eigenvalue weighted by atomic mass is 10.2. The van der Waals surface area contributed by atoms with Crippen LogP contribution in [0.4, 0.5) is 10.1 Å². The van der Waals surface area contributed by atoms with Crippen molar-refractivity contribution in [1.29, 1.82) is 0 Å². The second kappa shape index (κ2) is 9.94. The van der Waals surface area contributed by atoms with E-state index in [4.69, 9.17) is 23.2 Å². The molecule has 2 aromatic carbocycles. The van der Waals surface area contributed by atoms with Gasteiger partial charge >= 0.3 is 0 Å². The van der Waals surface area contributed by atoms with Crippen LogP contribution in [0.25, 0.3) is 5.69 Å². The zero-order chi connectivity index (χ0) is 24.3. The molecule has 1 amide bonds. The summed E-state index contributed by atoms with van der Waals surface area (Å²) in [5.74, 6) is -1.18. The lowest BCUT2D eigenvalue weighted by Gasteiger charge is -2.21. The topological polar surface area (TPSA) is 83.8 Å². The molecule has 0 unspecified atom stereocenters. The van der Waals surface area contributed by atoms with Crippen molar-refractivity contribution in [2.75, 3.05) is 17.1 Å². The summed E-state index contributed by atoms with van der Waals surface area (Å²) in [5, 5.41) is 5.02. The predicted octanol–water partition coefficient (Wildman–Crippen LogP) is 4.46. The van der Waals surface area contributed by atoms with Gasteiger partial charge in [0.05, 0.1) is 28.9 Å². The van der Waals surface area contributed by atoms with Crippen LogP contribution in [-0.2, 0) is 14.8 Å². The number of rotatable bonds is 7. The number of carbonyl (C=O) groups is 1. The summed E-state index contributed by atoms with van der Waals surface area (Å²) in [6, 6.07) is 11.8. The lowest BCUT2D eigenvalue weighted by Crippen LogP contribution is -2.39. The van der Waals surface area contributed by atoms with Crippen molar-refractivity contribution < 1.29 is 17.6 Å². The summed E-state index contributed by atoms with van der Waals surface area (Å²) in [5.41, 5.74) is 5.63. The van der Waals surface area contributed by atoms with Crippen LogP contribution in [0.2, 0.25) is 10.0 Å². The highest BCUT2D eigenvalue weighted by Crippen LogP contribution is 2.28. The fraction of sp³-hybridized carbons (Fsp3) is 0.182. The zero-order valence-electron chi connectivity index (χ0n) is 18.0. The molecule has 0 aliphatic carbocycles. The minimum Gasteiger partial charge on any atom is -0.316 e. The van der Waals surface area contributed by atoms with Crippen LogP contribution in [0.15, 0.2) is 53.6 Å². The first-order valence-corrected chi connectivity index (χ1v) is 12.3. The molecule has 0 radical (unpaired) electrons. The zero-order valence-corrected chi connectivity index (χ0v) is 20.3. The van der Waals surface area contributed by atoms with Gasteiger partial charge in [-0.25, -0.2) is 18.2 Å². The van der Waals surface area contributed by atoms with Crippen LogP contribution in [0, 0.1) is 19.7 Å². The van der Waals surface area contributed by atoms with Crippen LogP contribution in [-0.4, -0.2) is 37.9 Å². The van der Waals surface area contributed by atoms with Crippen molar-refractivity contribution in [2.24, 2.45) is 5.10 Å². The van der Waals surface area contributed by atoms with Crippen LogP contribution >= 0.6 is 23.2 Å². The van der Waals surface area contributed by atoms with Crippen molar-refractivity contribution in [2.45, 2.75) is 13.8 Å². The Hall–Kier alpha value is -2.88. The summed E-state index contributed by atoms with van der Waals surface area (Å²) in [7, 11) is -3.78. The molecule has 33 heavy (non-hydrogen) atoms. The van der Waals surface area contributed by atoms with E-state index >= 15 is 0 Å². The molecule has 1 heterocycles. The normalized spacial score (nSPS) is 11.7. The summed E-state index contributed by atoms with van der Waals surface area (Å²) in [6.45, 7) is 3.25. The number of benzene rings is 2. The first-order valence-electron chi connectivity index (χ1n) is 9.67. The molecule has 3 aromatic rings. The summed E-state index contributed by atoms with van der Waals surface area (Å²) >= 11 is 12.4. The van der Waals surface area contributed by atoms with E-state index in [9.17, 15) is 17.6 Å². The molecule has 1 aromatic heterocycles. The van der Waals surface area contributed by atoms with E-state index in [2.05, 4.69) is 10.5 Å². The fourth-order valence-electron chi connectivity index (χ4n) is 3.29. The standard InChI is InChI=1S/C22H21Cl2FN4O3S/c1-14-10-16(15(2)29(14)21-11-17(23)4-9-20(21)24)12-26-27-22(30)13-28(33(3,31)32)19-7-5-18(25)6-8-19/h4-12H,13H2,1-3H3,(H,27,30)/b26-12-. The first-order chi connectivity index (χ1) is 15.5. The largest absolute Gasteiger partial charge is 0.316 e. The fourth-order valence-corrected chi connectivity index (χ4v) is 4.52. The number of hydrogen-bond donors (Lipinski definition) is 1. The van der Waals surface area contributed by atoms with Crippen LogP contribution < -0.4 is 9.73 Å². The van der Waals surface area contributed by atoms with Gasteiger partial charge in [0.15, 0.2) is 0 Å². The van der Waals surface area contributed by atoms with Crippen molar-refractivity contribution in [3.05, 3.63) is 81.3 Å². The molecule has 0 atom stereocenters. The number of carbonyl (C=O) groups excluding carboxylic acids is 1. The van der Waals surface area contributed by atoms with E-state index in [-0.39, 0.29) is 5.69 Å². The van der Waals surface area contributed by atoms with Gasteiger partial charge in [-0.05, 0) is 62.4 Å². The number of aromatic nitrogens is 1. The molecular weight excluding hydrogens is 490 g/mol. The molecular formula is C22H21Cl2FN4O3S. The van der Waals surface area contributed by atoms with Gasteiger partial charge in [0.25, 0.3) is 5.91 Å². The third-order valence-corrected chi connectivity index (χ3v) is 6.51. The summed E-state index contributed by atoms with van der Waals surface area (Å²) in [6.07, 6.45) is 2.42. The molecule has 0 aliphatic rings. The van der Waals surface area contributed by atoms with Crippen molar-refractivity contribution in [3.63, 3.8) is 0 Å². The first kappa shape index (κ1) is 24.8. The average Bonchev–Trinajstić information content (AvgIpc) is 3.01. The van der Waals surface area contributed by atoms with Gasteiger partial charge in [-0.15, -0.1) is 0 Å². The smallest absolute Gasteiger partial charge is 0.260 e. The minimum absolute atomic E-state index is 0.167.